The topological polar surface area (TPSA) is 26.0 Å². The highest BCUT2D eigenvalue weighted by atomic mass is 32.1. The number of hydrogen-bond acceptors (Lipinski definition) is 3. The van der Waals surface area contributed by atoms with E-state index in [-0.39, 0.29) is 0 Å². The van der Waals surface area contributed by atoms with Gasteiger partial charge in [-0.25, -0.2) is 4.98 Å². The van der Waals surface area contributed by atoms with Gasteiger partial charge >= 0.3 is 0 Å². The highest BCUT2D eigenvalue weighted by molar-refractivity contribution is 7.19. The molecule has 3 heteroatoms. The van der Waals surface area contributed by atoms with Crippen molar-refractivity contribution in [3.05, 3.63) is 88.8 Å². The van der Waals surface area contributed by atoms with Crippen LogP contribution in [-0.4, -0.2) is 4.98 Å². The van der Waals surface area contributed by atoms with E-state index < -0.39 is 0 Å². The van der Waals surface area contributed by atoms with Crippen LogP contribution in [0.5, 0.6) is 0 Å². The SMILES string of the molecule is C(=Cc1ccco1)c1ccc(C=Cc2nc3ccccc3s2)cc1. The second-order valence-electron chi connectivity index (χ2n) is 5.37. The first-order chi connectivity index (χ1) is 11.9. The van der Waals surface area contributed by atoms with E-state index in [2.05, 4.69) is 47.5 Å². The number of rotatable bonds is 4. The minimum absolute atomic E-state index is 0.856. The van der Waals surface area contributed by atoms with Crippen LogP contribution in [0.3, 0.4) is 0 Å². The first kappa shape index (κ1) is 14.7. The number of nitrogens with zero attached hydrogens (tertiary/aromatic N) is 1. The van der Waals surface area contributed by atoms with Crippen molar-refractivity contribution >= 4 is 45.9 Å². The fourth-order valence-electron chi connectivity index (χ4n) is 2.41. The number of para-hydroxylation sites is 1. The van der Waals surface area contributed by atoms with Gasteiger partial charge in [-0.2, -0.15) is 0 Å². The van der Waals surface area contributed by atoms with Gasteiger partial charge in [-0.3, -0.25) is 0 Å². The second-order valence-corrected chi connectivity index (χ2v) is 6.43. The van der Waals surface area contributed by atoms with Crippen molar-refractivity contribution in [2.45, 2.75) is 0 Å². The van der Waals surface area contributed by atoms with Crippen LogP contribution in [-0.2, 0) is 0 Å². The number of furan rings is 1. The van der Waals surface area contributed by atoms with Gasteiger partial charge in [-0.1, -0.05) is 48.6 Å². The fraction of sp³-hybridized carbons (Fsp3) is 0. The van der Waals surface area contributed by atoms with Crippen molar-refractivity contribution in [1.29, 1.82) is 0 Å². The van der Waals surface area contributed by atoms with Crippen molar-refractivity contribution in [3.63, 3.8) is 0 Å². The fourth-order valence-corrected chi connectivity index (χ4v) is 3.28. The molecule has 2 aromatic heterocycles. The summed E-state index contributed by atoms with van der Waals surface area (Å²) in [5.74, 6) is 0.856. The first-order valence-electron chi connectivity index (χ1n) is 7.72. The Kier molecular flexibility index (Phi) is 4.09. The molecule has 0 bridgehead atoms. The Balaban J connectivity index is 1.48. The number of fused-ring (bicyclic) bond motifs is 1. The summed E-state index contributed by atoms with van der Waals surface area (Å²) in [6.07, 6.45) is 9.84. The highest BCUT2D eigenvalue weighted by Gasteiger charge is 1.99. The summed E-state index contributed by atoms with van der Waals surface area (Å²) in [6, 6.07) is 20.4. The Morgan fingerprint density at radius 1 is 0.750 bits per heavy atom. The summed E-state index contributed by atoms with van der Waals surface area (Å²) in [7, 11) is 0. The minimum Gasteiger partial charge on any atom is -0.465 e. The molecule has 0 aliphatic rings. The first-order valence-corrected chi connectivity index (χ1v) is 8.54. The number of benzene rings is 2. The summed E-state index contributed by atoms with van der Waals surface area (Å²) in [4.78, 5) is 4.61. The van der Waals surface area contributed by atoms with Crippen molar-refractivity contribution in [1.82, 2.24) is 4.98 Å². The van der Waals surface area contributed by atoms with Gasteiger partial charge in [0.05, 0.1) is 16.5 Å². The van der Waals surface area contributed by atoms with Crippen molar-refractivity contribution in [2.24, 2.45) is 0 Å². The van der Waals surface area contributed by atoms with E-state index in [1.165, 1.54) is 4.70 Å². The zero-order chi connectivity index (χ0) is 16.2. The zero-order valence-electron chi connectivity index (χ0n) is 12.9. The van der Waals surface area contributed by atoms with E-state index in [1.54, 1.807) is 17.6 Å². The van der Waals surface area contributed by atoms with Crippen molar-refractivity contribution < 1.29 is 4.42 Å². The maximum Gasteiger partial charge on any atom is 0.126 e. The van der Waals surface area contributed by atoms with Crippen LogP contribution in [0.2, 0.25) is 0 Å². The smallest absolute Gasteiger partial charge is 0.126 e. The van der Waals surface area contributed by atoms with Crippen LogP contribution in [0.25, 0.3) is 34.5 Å². The van der Waals surface area contributed by atoms with Gasteiger partial charge in [-0.15, -0.1) is 11.3 Å². The monoisotopic (exact) mass is 329 g/mol. The second kappa shape index (κ2) is 6.69. The lowest BCUT2D eigenvalue weighted by molar-refractivity contribution is 0.557. The summed E-state index contributed by atoms with van der Waals surface area (Å²) >= 11 is 1.71. The molecule has 0 saturated heterocycles. The molecule has 0 radical (unpaired) electrons. The maximum absolute atomic E-state index is 5.29. The Hall–Kier alpha value is -2.91. The van der Waals surface area contributed by atoms with Crippen LogP contribution in [0.15, 0.2) is 71.3 Å². The molecule has 2 heterocycles. The zero-order valence-corrected chi connectivity index (χ0v) is 13.7. The van der Waals surface area contributed by atoms with Gasteiger partial charge in [0.15, 0.2) is 0 Å². The Bertz CT molecular complexity index is 959. The third-order valence-electron chi connectivity index (χ3n) is 3.65. The number of aromatic nitrogens is 1. The van der Waals surface area contributed by atoms with Crippen LogP contribution < -0.4 is 0 Å². The van der Waals surface area contributed by atoms with Crippen molar-refractivity contribution in [2.75, 3.05) is 0 Å². The Morgan fingerprint density at radius 2 is 1.50 bits per heavy atom. The molecule has 0 unspecified atom stereocenters. The van der Waals surface area contributed by atoms with Gasteiger partial charge < -0.3 is 4.42 Å². The van der Waals surface area contributed by atoms with E-state index >= 15 is 0 Å². The van der Waals surface area contributed by atoms with Crippen LogP contribution in [0, 0.1) is 0 Å². The lowest BCUT2D eigenvalue weighted by Crippen LogP contribution is -1.75. The van der Waals surface area contributed by atoms with E-state index in [9.17, 15) is 0 Å². The summed E-state index contributed by atoms with van der Waals surface area (Å²) < 4.78 is 6.51. The standard InChI is InChI=1S/C21H15NOS/c1-2-6-20-19(5-1)22-21(24-20)14-12-17-9-7-16(8-10-17)11-13-18-4-3-15-23-18/h1-15H. The molecule has 0 fully saturated rings. The summed E-state index contributed by atoms with van der Waals surface area (Å²) in [5, 5.41) is 1.03. The molecule has 116 valence electrons. The third-order valence-corrected chi connectivity index (χ3v) is 4.65. The molecular formula is C21H15NOS. The quantitative estimate of drug-likeness (QED) is 0.443. The highest BCUT2D eigenvalue weighted by Crippen LogP contribution is 2.23. The lowest BCUT2D eigenvalue weighted by Gasteiger charge is -1.95. The molecule has 0 aliphatic carbocycles. The molecule has 0 aliphatic heterocycles. The van der Waals surface area contributed by atoms with Gasteiger partial charge in [0, 0.05) is 0 Å². The van der Waals surface area contributed by atoms with E-state index in [0.29, 0.717) is 0 Å². The maximum atomic E-state index is 5.29. The predicted molar refractivity (Wildman–Crippen MR) is 103 cm³/mol. The molecule has 4 rings (SSSR count). The van der Waals surface area contributed by atoms with Crippen molar-refractivity contribution in [3.8, 4) is 0 Å². The molecule has 0 amide bonds. The van der Waals surface area contributed by atoms with Gasteiger partial charge in [0.25, 0.3) is 0 Å². The molecule has 4 aromatic rings. The van der Waals surface area contributed by atoms with Crippen LogP contribution >= 0.6 is 11.3 Å². The molecule has 0 spiro atoms. The van der Waals surface area contributed by atoms with Crippen LogP contribution in [0.1, 0.15) is 21.9 Å². The molecule has 2 aromatic carbocycles. The lowest BCUT2D eigenvalue weighted by atomic mass is 10.1. The molecular weight excluding hydrogens is 314 g/mol. The molecule has 0 N–H and O–H groups in total. The number of hydrogen-bond donors (Lipinski definition) is 0. The minimum atomic E-state index is 0.856. The average Bonchev–Trinajstić information content (AvgIpc) is 3.28. The Labute approximate surface area is 144 Å². The summed E-state index contributed by atoms with van der Waals surface area (Å²) in [6.45, 7) is 0. The largest absolute Gasteiger partial charge is 0.465 e. The van der Waals surface area contributed by atoms with E-state index in [0.717, 1.165) is 27.4 Å². The number of thiazole rings is 1. The Morgan fingerprint density at radius 3 is 2.21 bits per heavy atom. The predicted octanol–water partition coefficient (Wildman–Crippen LogP) is 6.23. The average molecular weight is 329 g/mol. The van der Waals surface area contributed by atoms with E-state index in [1.807, 2.05) is 42.5 Å². The molecule has 24 heavy (non-hydrogen) atoms. The van der Waals surface area contributed by atoms with Gasteiger partial charge in [0.2, 0.25) is 0 Å². The third kappa shape index (κ3) is 3.36. The molecule has 2 nitrogen and oxygen atoms in total. The van der Waals surface area contributed by atoms with E-state index in [4.69, 9.17) is 4.42 Å². The van der Waals surface area contributed by atoms with Crippen LogP contribution in [0.4, 0.5) is 0 Å². The summed E-state index contributed by atoms with van der Waals surface area (Å²) in [5.41, 5.74) is 3.36. The normalized spacial score (nSPS) is 11.8. The molecule has 0 atom stereocenters. The van der Waals surface area contributed by atoms with Gasteiger partial charge in [-0.05, 0) is 47.5 Å². The van der Waals surface area contributed by atoms with Gasteiger partial charge in [0.1, 0.15) is 10.8 Å². The molecule has 0 saturated carbocycles.